The number of rotatable bonds is 5. The van der Waals surface area contributed by atoms with E-state index in [9.17, 15) is 13.2 Å². The standard InChI is InChI=1S/C15H16F3NS/c1-3-9-5-6-14(20-9)15(19-4-2)10-7-12(17)13(18)8-11(10)16/h5-8,15,19H,3-4H2,1-2H3. The number of nitrogens with one attached hydrogen (secondary N) is 1. The Morgan fingerprint density at radius 3 is 2.35 bits per heavy atom. The third-order valence-corrected chi connectivity index (χ3v) is 4.37. The van der Waals surface area contributed by atoms with Gasteiger partial charge < -0.3 is 5.32 Å². The van der Waals surface area contributed by atoms with Crippen molar-refractivity contribution in [1.82, 2.24) is 5.32 Å². The van der Waals surface area contributed by atoms with Crippen LogP contribution in [0.2, 0.25) is 0 Å². The fourth-order valence-electron chi connectivity index (χ4n) is 2.07. The zero-order valence-corrected chi connectivity index (χ0v) is 12.2. The molecule has 1 heterocycles. The molecule has 0 saturated carbocycles. The minimum absolute atomic E-state index is 0.134. The summed E-state index contributed by atoms with van der Waals surface area (Å²) in [6, 6.07) is 4.95. The lowest BCUT2D eigenvalue weighted by atomic mass is 10.0. The summed E-state index contributed by atoms with van der Waals surface area (Å²) in [4.78, 5) is 2.07. The Bertz CT molecular complexity index is 595. The molecule has 1 unspecified atom stereocenters. The fourth-order valence-corrected chi connectivity index (χ4v) is 3.11. The predicted molar refractivity (Wildman–Crippen MR) is 75.5 cm³/mol. The monoisotopic (exact) mass is 299 g/mol. The van der Waals surface area contributed by atoms with Gasteiger partial charge >= 0.3 is 0 Å². The van der Waals surface area contributed by atoms with E-state index in [1.54, 1.807) is 11.3 Å². The largest absolute Gasteiger partial charge is 0.306 e. The first kappa shape index (κ1) is 15.1. The van der Waals surface area contributed by atoms with Gasteiger partial charge in [-0.05, 0) is 31.2 Å². The smallest absolute Gasteiger partial charge is 0.161 e. The van der Waals surface area contributed by atoms with Crippen molar-refractivity contribution in [3.63, 3.8) is 0 Å². The van der Waals surface area contributed by atoms with E-state index in [-0.39, 0.29) is 5.56 Å². The van der Waals surface area contributed by atoms with Crippen molar-refractivity contribution in [2.75, 3.05) is 6.54 Å². The van der Waals surface area contributed by atoms with Gasteiger partial charge in [-0.3, -0.25) is 0 Å². The lowest BCUT2D eigenvalue weighted by molar-refractivity contribution is 0.482. The first-order chi connectivity index (χ1) is 9.56. The molecule has 0 amide bonds. The lowest BCUT2D eigenvalue weighted by Gasteiger charge is -2.18. The fraction of sp³-hybridized carbons (Fsp3) is 0.333. The molecule has 0 bridgehead atoms. The van der Waals surface area contributed by atoms with Gasteiger partial charge in [0.05, 0.1) is 6.04 Å². The van der Waals surface area contributed by atoms with E-state index in [1.165, 1.54) is 4.88 Å². The minimum Gasteiger partial charge on any atom is -0.306 e. The van der Waals surface area contributed by atoms with Crippen molar-refractivity contribution >= 4 is 11.3 Å². The van der Waals surface area contributed by atoms with Crippen LogP contribution in [-0.4, -0.2) is 6.54 Å². The summed E-state index contributed by atoms with van der Waals surface area (Å²) in [6.07, 6.45) is 0.893. The average molecular weight is 299 g/mol. The number of benzene rings is 1. The molecular formula is C15H16F3NS. The highest BCUT2D eigenvalue weighted by Gasteiger charge is 2.21. The molecule has 0 fully saturated rings. The maximum Gasteiger partial charge on any atom is 0.161 e. The topological polar surface area (TPSA) is 12.0 Å². The van der Waals surface area contributed by atoms with Crippen molar-refractivity contribution in [2.45, 2.75) is 26.3 Å². The van der Waals surface area contributed by atoms with E-state index < -0.39 is 23.5 Å². The van der Waals surface area contributed by atoms with E-state index in [4.69, 9.17) is 0 Å². The molecule has 108 valence electrons. The molecule has 0 aliphatic rings. The quantitative estimate of drug-likeness (QED) is 0.806. The third kappa shape index (κ3) is 3.04. The van der Waals surface area contributed by atoms with Gasteiger partial charge in [-0.2, -0.15) is 0 Å². The highest BCUT2D eigenvalue weighted by atomic mass is 32.1. The molecule has 0 spiro atoms. The summed E-state index contributed by atoms with van der Waals surface area (Å²) in [5, 5.41) is 3.12. The number of thiophene rings is 1. The molecule has 0 radical (unpaired) electrons. The van der Waals surface area contributed by atoms with Crippen LogP contribution in [0.4, 0.5) is 13.2 Å². The van der Waals surface area contributed by atoms with Crippen LogP contribution in [0.3, 0.4) is 0 Å². The van der Waals surface area contributed by atoms with Crippen molar-refractivity contribution < 1.29 is 13.2 Å². The Balaban J connectivity index is 2.45. The van der Waals surface area contributed by atoms with E-state index in [1.807, 2.05) is 26.0 Å². The Labute approximate surface area is 120 Å². The highest BCUT2D eigenvalue weighted by Crippen LogP contribution is 2.31. The second-order valence-corrected chi connectivity index (χ2v) is 5.64. The summed E-state index contributed by atoms with van der Waals surface area (Å²) >= 11 is 1.55. The molecule has 0 saturated heterocycles. The Kier molecular flexibility index (Phi) is 4.83. The number of aryl methyl sites for hydroxylation is 1. The summed E-state index contributed by atoms with van der Waals surface area (Å²) < 4.78 is 40.4. The maximum absolute atomic E-state index is 13.9. The van der Waals surface area contributed by atoms with Crippen LogP contribution in [0, 0.1) is 17.5 Å². The average Bonchev–Trinajstić information content (AvgIpc) is 2.89. The molecule has 2 rings (SSSR count). The number of halogens is 3. The molecular weight excluding hydrogens is 283 g/mol. The lowest BCUT2D eigenvalue weighted by Crippen LogP contribution is -2.22. The SMILES string of the molecule is CCNC(c1ccc(CC)s1)c1cc(F)c(F)cc1F. The molecule has 0 aliphatic carbocycles. The van der Waals surface area contributed by atoms with Crippen molar-refractivity contribution in [3.8, 4) is 0 Å². The van der Waals surface area contributed by atoms with Crippen LogP contribution in [0.25, 0.3) is 0 Å². The van der Waals surface area contributed by atoms with E-state index in [0.717, 1.165) is 17.4 Å². The van der Waals surface area contributed by atoms with E-state index in [0.29, 0.717) is 12.6 Å². The van der Waals surface area contributed by atoms with Crippen LogP contribution in [0.1, 0.15) is 35.2 Å². The highest BCUT2D eigenvalue weighted by molar-refractivity contribution is 7.12. The first-order valence-corrected chi connectivity index (χ1v) is 7.34. The van der Waals surface area contributed by atoms with Crippen molar-refractivity contribution in [1.29, 1.82) is 0 Å². The first-order valence-electron chi connectivity index (χ1n) is 6.53. The van der Waals surface area contributed by atoms with Gasteiger partial charge in [-0.15, -0.1) is 11.3 Å². The Hall–Kier alpha value is -1.33. The Morgan fingerprint density at radius 2 is 1.75 bits per heavy atom. The summed E-state index contributed by atoms with van der Waals surface area (Å²) in [6.45, 7) is 4.53. The zero-order valence-electron chi connectivity index (χ0n) is 11.3. The van der Waals surface area contributed by atoms with Crippen LogP contribution in [0.15, 0.2) is 24.3 Å². The van der Waals surface area contributed by atoms with Crippen LogP contribution in [0.5, 0.6) is 0 Å². The molecule has 5 heteroatoms. The van der Waals surface area contributed by atoms with Gasteiger partial charge in [0, 0.05) is 21.4 Å². The molecule has 2 aromatic rings. The molecule has 1 aromatic carbocycles. The van der Waals surface area contributed by atoms with Gasteiger partial charge in [0.2, 0.25) is 0 Å². The third-order valence-electron chi connectivity index (χ3n) is 3.07. The van der Waals surface area contributed by atoms with Crippen LogP contribution in [-0.2, 0) is 6.42 Å². The van der Waals surface area contributed by atoms with Gasteiger partial charge in [-0.25, -0.2) is 13.2 Å². The second kappa shape index (κ2) is 6.41. The molecule has 0 aliphatic heterocycles. The van der Waals surface area contributed by atoms with Crippen LogP contribution >= 0.6 is 11.3 Å². The van der Waals surface area contributed by atoms with Crippen LogP contribution < -0.4 is 5.32 Å². The molecule has 1 N–H and O–H groups in total. The van der Waals surface area contributed by atoms with Gasteiger partial charge in [0.25, 0.3) is 0 Å². The predicted octanol–water partition coefficient (Wildman–Crippen LogP) is 4.43. The summed E-state index contributed by atoms with van der Waals surface area (Å²) in [5.74, 6) is -2.93. The second-order valence-electron chi connectivity index (χ2n) is 4.44. The zero-order chi connectivity index (χ0) is 14.7. The van der Waals surface area contributed by atoms with Gasteiger partial charge in [-0.1, -0.05) is 13.8 Å². The maximum atomic E-state index is 13.9. The van der Waals surface area contributed by atoms with Crippen molar-refractivity contribution in [3.05, 3.63) is 57.0 Å². The van der Waals surface area contributed by atoms with E-state index >= 15 is 0 Å². The minimum atomic E-state index is -1.16. The molecule has 1 nitrogen and oxygen atoms in total. The normalized spacial score (nSPS) is 12.7. The summed E-state index contributed by atoms with van der Waals surface area (Å²) in [7, 11) is 0. The molecule has 1 aromatic heterocycles. The van der Waals surface area contributed by atoms with Gasteiger partial charge in [0.15, 0.2) is 11.6 Å². The molecule has 20 heavy (non-hydrogen) atoms. The number of hydrogen-bond donors (Lipinski definition) is 1. The number of hydrogen-bond acceptors (Lipinski definition) is 2. The van der Waals surface area contributed by atoms with E-state index in [2.05, 4.69) is 5.32 Å². The van der Waals surface area contributed by atoms with Crippen molar-refractivity contribution in [2.24, 2.45) is 0 Å². The molecule has 1 atom stereocenters. The van der Waals surface area contributed by atoms with Gasteiger partial charge in [0.1, 0.15) is 5.82 Å². The Morgan fingerprint density at radius 1 is 1.05 bits per heavy atom. The summed E-state index contributed by atoms with van der Waals surface area (Å²) in [5.41, 5.74) is 0.134.